The van der Waals surface area contributed by atoms with Gasteiger partial charge in [-0.1, -0.05) is 53.5 Å². The first kappa shape index (κ1) is 12.1. The molecule has 0 bridgehead atoms. The second kappa shape index (κ2) is 4.03. The Morgan fingerprint density at radius 2 is 1.57 bits per heavy atom. The summed E-state index contributed by atoms with van der Waals surface area (Å²) in [6.07, 6.45) is 2.50. The maximum absolute atomic E-state index is 6.71. The molecule has 5 rings (SSSR count). The normalized spacial score (nSPS) is 15.5. The molecule has 0 radical (unpaired) electrons. The Balaban J connectivity index is 2.10. The fraction of sp³-hybridized carbons (Fsp3) is 0.158. The average Bonchev–Trinajstić information content (AvgIpc) is 3.32. The Labute approximate surface area is 132 Å². The topological polar surface area (TPSA) is 0 Å². The van der Waals surface area contributed by atoms with Gasteiger partial charge in [-0.05, 0) is 58.0 Å². The molecule has 4 aromatic carbocycles. The fourth-order valence-electron chi connectivity index (χ4n) is 3.53. The summed E-state index contributed by atoms with van der Waals surface area (Å²) in [7, 11) is 0. The van der Waals surface area contributed by atoms with Gasteiger partial charge in [-0.15, -0.1) is 0 Å². The van der Waals surface area contributed by atoms with Crippen molar-refractivity contribution in [2.75, 3.05) is 0 Å². The summed E-state index contributed by atoms with van der Waals surface area (Å²) in [6.45, 7) is 0. The Kier molecular flexibility index (Phi) is 2.32. The highest BCUT2D eigenvalue weighted by Gasteiger charge is 2.27. The van der Waals surface area contributed by atoms with Crippen LogP contribution in [0.4, 0.5) is 0 Å². The Bertz CT molecular complexity index is 1010. The summed E-state index contributed by atoms with van der Waals surface area (Å²) in [5.74, 6) is 0.637. The lowest BCUT2D eigenvalue weighted by Crippen LogP contribution is -1.90. The molecule has 1 fully saturated rings. The van der Waals surface area contributed by atoms with Gasteiger partial charge in [0.1, 0.15) is 0 Å². The Morgan fingerprint density at radius 1 is 0.810 bits per heavy atom. The van der Waals surface area contributed by atoms with Gasteiger partial charge in [0.2, 0.25) is 0 Å². The lowest BCUT2D eigenvalue weighted by Gasteiger charge is -2.15. The van der Waals surface area contributed by atoms with E-state index in [9.17, 15) is 0 Å². The van der Waals surface area contributed by atoms with Gasteiger partial charge in [0.15, 0.2) is 0 Å². The van der Waals surface area contributed by atoms with Crippen LogP contribution in [0.1, 0.15) is 24.3 Å². The van der Waals surface area contributed by atoms with Gasteiger partial charge in [-0.2, -0.15) is 0 Å². The van der Waals surface area contributed by atoms with Crippen LogP contribution in [0.15, 0.2) is 42.5 Å². The van der Waals surface area contributed by atoms with Gasteiger partial charge in [0, 0.05) is 15.8 Å². The third kappa shape index (κ3) is 1.58. The molecule has 0 saturated heterocycles. The minimum atomic E-state index is 0.637. The van der Waals surface area contributed by atoms with Crippen LogP contribution in [-0.2, 0) is 0 Å². The van der Waals surface area contributed by atoms with E-state index in [0.29, 0.717) is 5.92 Å². The van der Waals surface area contributed by atoms with Crippen LogP contribution in [0.3, 0.4) is 0 Å². The van der Waals surface area contributed by atoms with E-state index in [1.807, 2.05) is 6.07 Å². The smallest absolute Gasteiger partial charge is 0.0520 e. The predicted molar refractivity (Wildman–Crippen MR) is 92.1 cm³/mol. The van der Waals surface area contributed by atoms with Gasteiger partial charge in [0.05, 0.1) is 5.02 Å². The van der Waals surface area contributed by atoms with Crippen LogP contribution in [0.5, 0.6) is 0 Å². The van der Waals surface area contributed by atoms with Gasteiger partial charge in [-0.3, -0.25) is 0 Å². The molecule has 0 heterocycles. The van der Waals surface area contributed by atoms with Crippen molar-refractivity contribution in [1.82, 2.24) is 0 Å². The van der Waals surface area contributed by atoms with Crippen LogP contribution in [0.25, 0.3) is 32.3 Å². The molecule has 0 amide bonds. The van der Waals surface area contributed by atoms with Crippen molar-refractivity contribution in [1.29, 1.82) is 0 Å². The molecular formula is C19H12Cl2. The summed E-state index contributed by atoms with van der Waals surface area (Å²) in [5.41, 5.74) is 1.29. The molecule has 4 aromatic rings. The van der Waals surface area contributed by atoms with Crippen molar-refractivity contribution in [2.24, 2.45) is 0 Å². The molecular weight excluding hydrogens is 299 g/mol. The summed E-state index contributed by atoms with van der Waals surface area (Å²) < 4.78 is 0. The fourth-order valence-corrected chi connectivity index (χ4v) is 4.16. The minimum Gasteiger partial charge on any atom is -0.0836 e. The second-order valence-corrected chi connectivity index (χ2v) is 6.81. The first-order chi connectivity index (χ1) is 10.2. The molecule has 1 saturated carbocycles. The van der Waals surface area contributed by atoms with Crippen LogP contribution in [-0.4, -0.2) is 0 Å². The third-order valence-electron chi connectivity index (χ3n) is 4.69. The van der Waals surface area contributed by atoms with Crippen LogP contribution < -0.4 is 0 Å². The molecule has 1 aliphatic rings. The molecule has 0 unspecified atom stereocenters. The Hall–Kier alpha value is -1.50. The Morgan fingerprint density at radius 3 is 2.38 bits per heavy atom. The zero-order valence-corrected chi connectivity index (χ0v) is 12.8. The average molecular weight is 311 g/mol. The highest BCUT2D eigenvalue weighted by molar-refractivity contribution is 6.43. The highest BCUT2D eigenvalue weighted by Crippen LogP contribution is 2.49. The maximum atomic E-state index is 6.71. The monoisotopic (exact) mass is 310 g/mol. The minimum absolute atomic E-state index is 0.637. The van der Waals surface area contributed by atoms with E-state index in [0.717, 1.165) is 20.8 Å². The van der Waals surface area contributed by atoms with Crippen molar-refractivity contribution in [3.8, 4) is 0 Å². The summed E-state index contributed by atoms with van der Waals surface area (Å²) in [5, 5.41) is 8.89. The third-order valence-corrected chi connectivity index (χ3v) is 5.43. The van der Waals surface area contributed by atoms with E-state index in [-0.39, 0.29) is 0 Å². The zero-order valence-electron chi connectivity index (χ0n) is 11.3. The molecule has 0 spiro atoms. The standard InChI is InChI=1S/C19H12Cl2/c20-16-9-15-18-12(8-14(19(15)21)10-4-5-10)7-6-11-2-1-3-13(16)17(11)18/h1-3,6-10H,4-5H2. The van der Waals surface area contributed by atoms with Crippen LogP contribution >= 0.6 is 23.2 Å². The quantitative estimate of drug-likeness (QED) is 0.340. The van der Waals surface area contributed by atoms with Crippen LogP contribution in [0, 0.1) is 0 Å². The van der Waals surface area contributed by atoms with E-state index >= 15 is 0 Å². The van der Waals surface area contributed by atoms with Crippen molar-refractivity contribution >= 4 is 55.5 Å². The van der Waals surface area contributed by atoms with E-state index in [4.69, 9.17) is 23.2 Å². The summed E-state index contributed by atoms with van der Waals surface area (Å²) in [6, 6.07) is 15.0. The molecule has 0 aliphatic heterocycles. The molecule has 0 atom stereocenters. The summed E-state index contributed by atoms with van der Waals surface area (Å²) in [4.78, 5) is 0. The first-order valence-electron chi connectivity index (χ1n) is 7.29. The van der Waals surface area contributed by atoms with E-state index in [1.165, 1.54) is 39.9 Å². The van der Waals surface area contributed by atoms with E-state index in [2.05, 4.69) is 36.4 Å². The van der Waals surface area contributed by atoms with Gasteiger partial charge >= 0.3 is 0 Å². The SMILES string of the molecule is Clc1cc2c(Cl)c(C3CC3)cc3ccc4cccc1c4c32. The lowest BCUT2D eigenvalue weighted by molar-refractivity contribution is 1.14. The van der Waals surface area contributed by atoms with Crippen LogP contribution in [0.2, 0.25) is 10.0 Å². The zero-order chi connectivity index (χ0) is 14.1. The van der Waals surface area contributed by atoms with Crippen molar-refractivity contribution in [3.05, 3.63) is 58.1 Å². The molecule has 102 valence electrons. The first-order valence-corrected chi connectivity index (χ1v) is 8.05. The number of hydrogen-bond donors (Lipinski definition) is 0. The van der Waals surface area contributed by atoms with Crippen molar-refractivity contribution in [3.63, 3.8) is 0 Å². The molecule has 1 aliphatic carbocycles. The lowest BCUT2D eigenvalue weighted by atomic mass is 9.92. The van der Waals surface area contributed by atoms with E-state index in [1.54, 1.807) is 0 Å². The number of hydrogen-bond acceptors (Lipinski definition) is 0. The van der Waals surface area contributed by atoms with Gasteiger partial charge in [-0.25, -0.2) is 0 Å². The van der Waals surface area contributed by atoms with Gasteiger partial charge < -0.3 is 0 Å². The second-order valence-electron chi connectivity index (χ2n) is 6.03. The predicted octanol–water partition coefficient (Wildman–Crippen LogP) is 6.77. The number of halogens is 2. The summed E-state index contributed by atoms with van der Waals surface area (Å²) >= 11 is 13.2. The maximum Gasteiger partial charge on any atom is 0.0520 e. The molecule has 0 N–H and O–H groups in total. The molecule has 0 aromatic heterocycles. The molecule has 21 heavy (non-hydrogen) atoms. The number of rotatable bonds is 1. The molecule has 0 nitrogen and oxygen atoms in total. The highest BCUT2D eigenvalue weighted by atomic mass is 35.5. The van der Waals surface area contributed by atoms with E-state index < -0.39 is 0 Å². The van der Waals surface area contributed by atoms with Gasteiger partial charge in [0.25, 0.3) is 0 Å². The van der Waals surface area contributed by atoms with Crippen molar-refractivity contribution in [2.45, 2.75) is 18.8 Å². The number of benzene rings is 4. The largest absolute Gasteiger partial charge is 0.0836 e. The molecule has 2 heteroatoms. The van der Waals surface area contributed by atoms with Crippen molar-refractivity contribution < 1.29 is 0 Å².